The van der Waals surface area contributed by atoms with Crippen molar-refractivity contribution in [1.82, 2.24) is 10.1 Å². The molecular weight excluding hydrogens is 264 g/mol. The molecule has 0 saturated heterocycles. The van der Waals surface area contributed by atoms with Gasteiger partial charge in [-0.15, -0.1) is 11.8 Å². The second kappa shape index (κ2) is 6.24. The van der Waals surface area contributed by atoms with Crippen molar-refractivity contribution in [3.63, 3.8) is 0 Å². The van der Waals surface area contributed by atoms with Crippen LogP contribution in [0.1, 0.15) is 12.2 Å². The molecule has 1 amide bonds. The van der Waals surface area contributed by atoms with Crippen molar-refractivity contribution >= 4 is 29.3 Å². The second-order valence-electron chi connectivity index (χ2n) is 3.89. The number of nitrogens with zero attached hydrogens (tertiary/aromatic N) is 2. The molecule has 0 unspecified atom stereocenters. The third kappa shape index (κ3) is 4.29. The summed E-state index contributed by atoms with van der Waals surface area (Å²) in [4.78, 5) is 16.6. The Morgan fingerprint density at radius 3 is 3.00 bits per heavy atom. The molecule has 0 aliphatic heterocycles. The molecule has 0 spiro atoms. The van der Waals surface area contributed by atoms with E-state index in [1.807, 2.05) is 6.07 Å². The van der Waals surface area contributed by atoms with Crippen LogP contribution in [0.3, 0.4) is 0 Å². The highest BCUT2D eigenvalue weighted by Gasteiger charge is 2.06. The minimum atomic E-state index is -0.0933. The number of nitrogens with two attached hydrogens (primary N) is 1. The summed E-state index contributed by atoms with van der Waals surface area (Å²) in [7, 11) is 0. The van der Waals surface area contributed by atoms with Gasteiger partial charge in [0.2, 0.25) is 5.91 Å². The molecule has 2 rings (SSSR count). The summed E-state index contributed by atoms with van der Waals surface area (Å²) >= 11 is 1.55. The van der Waals surface area contributed by atoms with E-state index >= 15 is 0 Å². The van der Waals surface area contributed by atoms with E-state index in [2.05, 4.69) is 15.5 Å². The van der Waals surface area contributed by atoms with Gasteiger partial charge < -0.3 is 15.6 Å². The molecule has 0 aliphatic rings. The number of nitrogen functional groups attached to an aromatic ring is 1. The third-order valence-corrected chi connectivity index (χ3v) is 3.24. The number of nitrogens with one attached hydrogen (secondary N) is 1. The van der Waals surface area contributed by atoms with Crippen LogP contribution in [0.15, 0.2) is 33.8 Å². The van der Waals surface area contributed by atoms with Crippen LogP contribution in [0.4, 0.5) is 11.6 Å². The Morgan fingerprint density at radius 1 is 1.53 bits per heavy atom. The van der Waals surface area contributed by atoms with E-state index in [1.165, 1.54) is 0 Å². The Labute approximate surface area is 114 Å². The Morgan fingerprint density at radius 2 is 2.37 bits per heavy atom. The number of amides is 1. The largest absolute Gasteiger partial charge is 0.384 e. The molecule has 0 saturated carbocycles. The lowest BCUT2D eigenvalue weighted by molar-refractivity contribution is -0.115. The number of thioether (sulfide) groups is 1. The summed E-state index contributed by atoms with van der Waals surface area (Å²) in [6.45, 7) is 1.77. The number of aromatic nitrogens is 2. The second-order valence-corrected chi connectivity index (χ2v) is 5.06. The van der Waals surface area contributed by atoms with Crippen molar-refractivity contribution in [2.45, 2.75) is 18.2 Å². The summed E-state index contributed by atoms with van der Waals surface area (Å²) in [5, 5.41) is 6.36. The number of pyridine rings is 1. The Bertz CT molecular complexity index is 553. The van der Waals surface area contributed by atoms with Gasteiger partial charge in [0.1, 0.15) is 11.6 Å². The molecule has 6 nitrogen and oxygen atoms in total. The van der Waals surface area contributed by atoms with E-state index in [4.69, 9.17) is 10.3 Å². The van der Waals surface area contributed by atoms with Crippen molar-refractivity contribution in [1.29, 1.82) is 0 Å². The van der Waals surface area contributed by atoms with E-state index in [0.29, 0.717) is 29.6 Å². The monoisotopic (exact) mass is 278 g/mol. The highest BCUT2D eigenvalue weighted by Crippen LogP contribution is 2.18. The number of carbonyl (C=O) groups is 1. The van der Waals surface area contributed by atoms with Gasteiger partial charge in [0.25, 0.3) is 0 Å². The maximum atomic E-state index is 11.6. The summed E-state index contributed by atoms with van der Waals surface area (Å²) in [6.07, 6.45) is 2.08. The molecule has 0 aliphatic carbocycles. The van der Waals surface area contributed by atoms with E-state index < -0.39 is 0 Å². The molecule has 0 bridgehead atoms. The fourth-order valence-electron chi connectivity index (χ4n) is 1.37. The van der Waals surface area contributed by atoms with Crippen molar-refractivity contribution in [3.8, 4) is 0 Å². The van der Waals surface area contributed by atoms with E-state index in [1.54, 1.807) is 37.0 Å². The fourth-order valence-corrected chi connectivity index (χ4v) is 2.18. The molecule has 2 heterocycles. The van der Waals surface area contributed by atoms with Crippen LogP contribution in [0, 0.1) is 6.92 Å². The van der Waals surface area contributed by atoms with Gasteiger partial charge >= 0.3 is 0 Å². The zero-order valence-electron chi connectivity index (χ0n) is 10.4. The number of hydrogen-bond acceptors (Lipinski definition) is 6. The summed E-state index contributed by atoms with van der Waals surface area (Å²) in [6, 6.07) is 5.29. The highest BCUT2D eigenvalue weighted by atomic mass is 32.2. The van der Waals surface area contributed by atoms with Crippen LogP contribution in [-0.4, -0.2) is 21.8 Å². The maximum Gasteiger partial charge on any atom is 0.226 e. The first-order chi connectivity index (χ1) is 9.13. The topological polar surface area (TPSA) is 94.0 Å². The molecular formula is C12H14N4O2S. The number of hydrogen-bond donors (Lipinski definition) is 2. The van der Waals surface area contributed by atoms with Crippen molar-refractivity contribution in [3.05, 3.63) is 30.2 Å². The predicted molar refractivity (Wildman–Crippen MR) is 73.9 cm³/mol. The first-order valence-corrected chi connectivity index (χ1v) is 6.69. The number of carbonyl (C=O) groups excluding carboxylic acids is 1. The average Bonchev–Trinajstić information content (AvgIpc) is 2.77. The molecule has 0 aromatic carbocycles. The Kier molecular flexibility index (Phi) is 4.40. The summed E-state index contributed by atoms with van der Waals surface area (Å²) in [5.74, 6) is 2.17. The fraction of sp³-hybridized carbons (Fsp3) is 0.250. The van der Waals surface area contributed by atoms with Crippen LogP contribution < -0.4 is 11.1 Å². The van der Waals surface area contributed by atoms with Gasteiger partial charge in [0.05, 0.1) is 0 Å². The molecule has 2 aromatic heterocycles. The molecule has 0 fully saturated rings. The van der Waals surface area contributed by atoms with Crippen LogP contribution in [-0.2, 0) is 4.79 Å². The van der Waals surface area contributed by atoms with Gasteiger partial charge in [-0.3, -0.25) is 4.79 Å². The minimum Gasteiger partial charge on any atom is -0.384 e. The summed E-state index contributed by atoms with van der Waals surface area (Å²) in [5.41, 5.74) is 5.49. The zero-order valence-corrected chi connectivity index (χ0v) is 11.2. The first-order valence-electron chi connectivity index (χ1n) is 5.71. The van der Waals surface area contributed by atoms with Crippen LogP contribution in [0.2, 0.25) is 0 Å². The lowest BCUT2D eigenvalue weighted by atomic mass is 10.4. The SMILES string of the molecule is Cc1cc(NC(=O)CCSc2ccc(N)nc2)no1. The quantitative estimate of drug-likeness (QED) is 0.813. The molecule has 0 atom stereocenters. The van der Waals surface area contributed by atoms with E-state index in [-0.39, 0.29) is 5.91 Å². The molecule has 3 N–H and O–H groups in total. The molecule has 0 radical (unpaired) electrons. The molecule has 7 heteroatoms. The average molecular weight is 278 g/mol. The van der Waals surface area contributed by atoms with Crippen molar-refractivity contribution in [2.75, 3.05) is 16.8 Å². The van der Waals surface area contributed by atoms with Gasteiger partial charge in [-0.25, -0.2) is 4.98 Å². The number of aryl methyl sites for hydroxylation is 1. The van der Waals surface area contributed by atoms with E-state index in [0.717, 1.165) is 4.90 Å². The third-order valence-electron chi connectivity index (χ3n) is 2.25. The maximum absolute atomic E-state index is 11.6. The summed E-state index contributed by atoms with van der Waals surface area (Å²) < 4.78 is 4.86. The lowest BCUT2D eigenvalue weighted by Gasteiger charge is -2.02. The van der Waals surface area contributed by atoms with Crippen LogP contribution >= 0.6 is 11.8 Å². The first kappa shape index (κ1) is 13.4. The molecule has 19 heavy (non-hydrogen) atoms. The molecule has 100 valence electrons. The van der Waals surface area contributed by atoms with Crippen molar-refractivity contribution in [2.24, 2.45) is 0 Å². The van der Waals surface area contributed by atoms with Gasteiger partial charge in [-0.05, 0) is 19.1 Å². The van der Waals surface area contributed by atoms with Crippen LogP contribution in [0.5, 0.6) is 0 Å². The predicted octanol–water partition coefficient (Wildman–Crippen LogP) is 2.08. The zero-order chi connectivity index (χ0) is 13.7. The molecule has 2 aromatic rings. The Balaban J connectivity index is 1.73. The standard InChI is InChI=1S/C12H14N4O2S/c1-8-6-11(16-18-8)15-12(17)4-5-19-9-2-3-10(13)14-7-9/h2-3,6-7H,4-5H2,1H3,(H2,13,14)(H,15,16,17). The number of anilines is 2. The highest BCUT2D eigenvalue weighted by molar-refractivity contribution is 7.99. The van der Waals surface area contributed by atoms with E-state index in [9.17, 15) is 4.79 Å². The van der Waals surface area contributed by atoms with Gasteiger partial charge in [-0.1, -0.05) is 5.16 Å². The van der Waals surface area contributed by atoms with Crippen molar-refractivity contribution < 1.29 is 9.32 Å². The lowest BCUT2D eigenvalue weighted by Crippen LogP contribution is -2.12. The van der Waals surface area contributed by atoms with Gasteiger partial charge in [-0.2, -0.15) is 0 Å². The van der Waals surface area contributed by atoms with Gasteiger partial charge in [0.15, 0.2) is 5.82 Å². The smallest absolute Gasteiger partial charge is 0.226 e. The van der Waals surface area contributed by atoms with Gasteiger partial charge in [0, 0.05) is 29.3 Å². The minimum absolute atomic E-state index is 0.0933. The van der Waals surface area contributed by atoms with Crippen LogP contribution in [0.25, 0.3) is 0 Å². The number of rotatable bonds is 5. The Hall–Kier alpha value is -2.02. The normalized spacial score (nSPS) is 10.4.